The van der Waals surface area contributed by atoms with E-state index in [2.05, 4.69) is 33.5 Å². The number of hydrogen-bond donors (Lipinski definition) is 1. The fraction of sp³-hybridized carbons (Fsp3) is 0.0714. The van der Waals surface area contributed by atoms with Gasteiger partial charge < -0.3 is 5.11 Å². The highest BCUT2D eigenvalue weighted by molar-refractivity contribution is 7.14. The number of carbonyl (C=O) groups is 1. The van der Waals surface area contributed by atoms with Gasteiger partial charge in [-0.1, -0.05) is 6.07 Å². The van der Waals surface area contributed by atoms with Crippen molar-refractivity contribution in [2.75, 3.05) is 0 Å². The molecule has 3 aromatic heterocycles. The second-order valence-electron chi connectivity index (χ2n) is 3.75. The van der Waals surface area contributed by atoms with Crippen molar-refractivity contribution in [3.8, 4) is 21.0 Å². The Morgan fingerprint density at radius 1 is 1.20 bits per heavy atom. The largest absolute Gasteiger partial charge is 0.483 e. The molecule has 0 unspecified atom stereocenters. The summed E-state index contributed by atoms with van der Waals surface area (Å²) in [6, 6.07) is 8.25. The zero-order chi connectivity index (χ0) is 14.4. The van der Waals surface area contributed by atoms with Gasteiger partial charge in [0, 0.05) is 11.8 Å². The Bertz CT molecular complexity index is 678. The number of thiazole rings is 1. The number of nitrogens with zero attached hydrogens (tertiary/aromatic N) is 2. The summed E-state index contributed by atoms with van der Waals surface area (Å²) in [5.41, 5.74) is 5.18. The first kappa shape index (κ1) is 14.4. The van der Waals surface area contributed by atoms with Gasteiger partial charge in [-0.25, -0.2) is 4.98 Å². The van der Waals surface area contributed by atoms with Gasteiger partial charge in [0.05, 0.1) is 26.7 Å². The van der Waals surface area contributed by atoms with Gasteiger partial charge in [-0.05, 0) is 30.5 Å². The minimum absolute atomic E-state index is 0.250. The molecular weight excluding hydrogens is 292 g/mol. The summed E-state index contributed by atoms with van der Waals surface area (Å²) in [6.45, 7) is 1.79. The van der Waals surface area contributed by atoms with Crippen LogP contribution in [0, 0.1) is 6.92 Å². The lowest BCUT2D eigenvalue weighted by Gasteiger charge is -2.05. The summed E-state index contributed by atoms with van der Waals surface area (Å²) in [7, 11) is 0. The van der Waals surface area contributed by atoms with Crippen molar-refractivity contribution in [2.45, 2.75) is 6.92 Å². The molecule has 0 aliphatic heterocycles. The Labute approximate surface area is 124 Å². The van der Waals surface area contributed by atoms with Crippen LogP contribution >= 0.6 is 22.7 Å². The summed E-state index contributed by atoms with van der Waals surface area (Å²) in [5, 5.41) is 8.97. The molecule has 20 heavy (non-hydrogen) atoms. The van der Waals surface area contributed by atoms with E-state index in [1.807, 2.05) is 24.7 Å². The van der Waals surface area contributed by atoms with Crippen molar-refractivity contribution < 1.29 is 9.90 Å². The van der Waals surface area contributed by atoms with E-state index in [-0.39, 0.29) is 6.47 Å². The summed E-state index contributed by atoms with van der Waals surface area (Å²) < 4.78 is 0. The molecule has 3 heterocycles. The van der Waals surface area contributed by atoms with Crippen LogP contribution in [0.1, 0.15) is 5.69 Å². The number of carboxylic acid groups (broad SMARTS) is 1. The Kier molecular flexibility index (Phi) is 4.97. The molecule has 0 radical (unpaired) electrons. The number of aromatic nitrogens is 2. The van der Waals surface area contributed by atoms with Crippen LogP contribution in [0.4, 0.5) is 0 Å². The smallest absolute Gasteiger partial charge is 0.290 e. The lowest BCUT2D eigenvalue weighted by molar-refractivity contribution is -0.122. The van der Waals surface area contributed by atoms with Crippen LogP contribution in [0.2, 0.25) is 0 Å². The second kappa shape index (κ2) is 6.93. The lowest BCUT2D eigenvalue weighted by Crippen LogP contribution is -1.86. The highest BCUT2D eigenvalue weighted by atomic mass is 32.1. The summed E-state index contributed by atoms with van der Waals surface area (Å²) in [4.78, 5) is 19.6. The van der Waals surface area contributed by atoms with Crippen molar-refractivity contribution in [3.63, 3.8) is 0 Å². The molecule has 0 fully saturated rings. The number of pyridine rings is 1. The minimum Gasteiger partial charge on any atom is -0.483 e. The molecule has 0 saturated carbocycles. The maximum absolute atomic E-state index is 8.36. The maximum atomic E-state index is 8.36. The Balaban J connectivity index is 0.000000452. The van der Waals surface area contributed by atoms with E-state index >= 15 is 0 Å². The fourth-order valence-electron chi connectivity index (χ4n) is 1.76. The van der Waals surface area contributed by atoms with Gasteiger partial charge in [0.25, 0.3) is 6.47 Å². The van der Waals surface area contributed by atoms with E-state index in [4.69, 9.17) is 9.90 Å². The van der Waals surface area contributed by atoms with E-state index in [0.29, 0.717) is 0 Å². The lowest BCUT2D eigenvalue weighted by atomic mass is 10.1. The average molecular weight is 304 g/mol. The highest BCUT2D eigenvalue weighted by Gasteiger charge is 2.12. The van der Waals surface area contributed by atoms with Crippen LogP contribution in [0.5, 0.6) is 0 Å². The van der Waals surface area contributed by atoms with Gasteiger partial charge in [0.1, 0.15) is 0 Å². The molecule has 0 aliphatic carbocycles. The molecule has 3 rings (SSSR count). The number of aryl methyl sites for hydroxylation is 1. The van der Waals surface area contributed by atoms with Crippen LogP contribution in [0.15, 0.2) is 41.4 Å². The van der Waals surface area contributed by atoms with Crippen LogP contribution in [0.3, 0.4) is 0 Å². The molecule has 0 aliphatic rings. The predicted octanol–water partition coefficient (Wildman–Crippen LogP) is 3.94. The van der Waals surface area contributed by atoms with Crippen molar-refractivity contribution >= 4 is 29.1 Å². The number of hydrogen-bond acceptors (Lipinski definition) is 5. The van der Waals surface area contributed by atoms with Crippen LogP contribution in [-0.2, 0) is 4.79 Å². The second-order valence-corrected chi connectivity index (χ2v) is 5.55. The average Bonchev–Trinajstić information content (AvgIpc) is 3.11. The molecule has 1 N–H and O–H groups in total. The SMILES string of the molecule is Cc1ncsc1-c1cccnc1-c1cccs1.O=CO. The summed E-state index contributed by atoms with van der Waals surface area (Å²) in [6.07, 6.45) is 1.84. The van der Waals surface area contributed by atoms with Gasteiger partial charge in [-0.15, -0.1) is 22.7 Å². The molecule has 0 bridgehead atoms. The Morgan fingerprint density at radius 2 is 2.00 bits per heavy atom. The van der Waals surface area contributed by atoms with Gasteiger partial charge in [-0.3, -0.25) is 9.78 Å². The number of thiophene rings is 1. The van der Waals surface area contributed by atoms with Gasteiger partial charge in [0.15, 0.2) is 0 Å². The predicted molar refractivity (Wildman–Crippen MR) is 82.1 cm³/mol. The van der Waals surface area contributed by atoms with Crippen molar-refractivity contribution in [1.82, 2.24) is 9.97 Å². The topological polar surface area (TPSA) is 63.1 Å². The summed E-state index contributed by atoms with van der Waals surface area (Å²) in [5.74, 6) is 0. The van der Waals surface area contributed by atoms with Gasteiger partial charge in [0.2, 0.25) is 0 Å². The molecule has 0 amide bonds. The van der Waals surface area contributed by atoms with Crippen molar-refractivity contribution in [3.05, 3.63) is 47.0 Å². The molecule has 4 nitrogen and oxygen atoms in total. The molecule has 0 spiro atoms. The molecule has 6 heteroatoms. The molecular formula is C14H12N2O2S2. The molecule has 3 aromatic rings. The zero-order valence-corrected chi connectivity index (χ0v) is 12.3. The number of rotatable bonds is 2. The Morgan fingerprint density at radius 3 is 2.60 bits per heavy atom. The highest BCUT2D eigenvalue weighted by Crippen LogP contribution is 2.35. The summed E-state index contributed by atoms with van der Waals surface area (Å²) >= 11 is 3.38. The van der Waals surface area contributed by atoms with Crippen molar-refractivity contribution in [2.24, 2.45) is 0 Å². The molecule has 102 valence electrons. The van der Waals surface area contributed by atoms with Crippen LogP contribution in [0.25, 0.3) is 21.0 Å². The van der Waals surface area contributed by atoms with E-state index in [0.717, 1.165) is 11.4 Å². The fourth-order valence-corrected chi connectivity index (χ4v) is 3.32. The monoisotopic (exact) mass is 304 g/mol. The third kappa shape index (κ3) is 3.09. The first-order chi connectivity index (χ1) is 9.77. The van der Waals surface area contributed by atoms with Crippen LogP contribution in [-0.4, -0.2) is 21.5 Å². The third-order valence-corrected chi connectivity index (χ3v) is 4.39. The molecule has 0 aromatic carbocycles. The van der Waals surface area contributed by atoms with Crippen LogP contribution < -0.4 is 0 Å². The van der Waals surface area contributed by atoms with E-state index < -0.39 is 0 Å². The van der Waals surface area contributed by atoms with Crippen molar-refractivity contribution in [1.29, 1.82) is 0 Å². The molecule has 0 atom stereocenters. The quantitative estimate of drug-likeness (QED) is 0.728. The van der Waals surface area contributed by atoms with E-state index in [9.17, 15) is 0 Å². The first-order valence-electron chi connectivity index (χ1n) is 5.75. The van der Waals surface area contributed by atoms with E-state index in [1.165, 1.54) is 15.3 Å². The first-order valence-corrected chi connectivity index (χ1v) is 7.51. The zero-order valence-electron chi connectivity index (χ0n) is 10.7. The van der Waals surface area contributed by atoms with E-state index in [1.54, 1.807) is 22.7 Å². The standard InChI is InChI=1S/C13H10N2S2.CH2O2/c1-9-13(17-8-15-9)10-4-2-6-14-12(10)11-5-3-7-16-11;2-1-3/h2-8H,1H3;1H,(H,2,3). The normalized spacial score (nSPS) is 9.65. The minimum atomic E-state index is -0.250. The molecule has 0 saturated heterocycles. The van der Waals surface area contributed by atoms with Gasteiger partial charge in [-0.2, -0.15) is 0 Å². The van der Waals surface area contributed by atoms with Gasteiger partial charge >= 0.3 is 0 Å². The Hall–Kier alpha value is -2.05. The third-order valence-electron chi connectivity index (χ3n) is 2.55. The maximum Gasteiger partial charge on any atom is 0.290 e.